The lowest BCUT2D eigenvalue weighted by molar-refractivity contribution is -0.0839. The van der Waals surface area contributed by atoms with Crippen LogP contribution in [0.5, 0.6) is 0 Å². The SMILES string of the molecule is C=C[C@]1(c2ccc3c(C)ncnn23)C[C@H](OCCCC)[C@@H](COCCCC)O1. The van der Waals surface area contributed by atoms with Gasteiger partial charge in [-0.25, -0.2) is 9.50 Å². The van der Waals surface area contributed by atoms with Crippen molar-refractivity contribution in [2.45, 2.75) is 70.7 Å². The van der Waals surface area contributed by atoms with Crippen molar-refractivity contribution in [1.82, 2.24) is 14.6 Å². The van der Waals surface area contributed by atoms with Crippen molar-refractivity contribution < 1.29 is 14.2 Å². The molecule has 0 amide bonds. The molecule has 28 heavy (non-hydrogen) atoms. The van der Waals surface area contributed by atoms with Crippen LogP contribution in [0, 0.1) is 6.92 Å². The molecule has 2 aromatic heterocycles. The third kappa shape index (κ3) is 4.29. The van der Waals surface area contributed by atoms with Gasteiger partial charge in [0.25, 0.3) is 0 Å². The second-order valence-electron chi connectivity index (χ2n) is 7.51. The van der Waals surface area contributed by atoms with Crippen molar-refractivity contribution in [2.75, 3.05) is 19.8 Å². The van der Waals surface area contributed by atoms with Crippen LogP contribution in [0.15, 0.2) is 31.1 Å². The molecule has 154 valence electrons. The van der Waals surface area contributed by atoms with Gasteiger partial charge >= 0.3 is 0 Å². The summed E-state index contributed by atoms with van der Waals surface area (Å²) in [6.45, 7) is 12.4. The summed E-state index contributed by atoms with van der Waals surface area (Å²) in [4.78, 5) is 4.29. The summed E-state index contributed by atoms with van der Waals surface area (Å²) in [5.41, 5.74) is 2.23. The number of fused-ring (bicyclic) bond motifs is 1. The van der Waals surface area contributed by atoms with Gasteiger partial charge in [0.05, 0.1) is 29.6 Å². The second kappa shape index (κ2) is 9.63. The maximum Gasteiger partial charge on any atom is 0.136 e. The highest BCUT2D eigenvalue weighted by Gasteiger charge is 2.48. The van der Waals surface area contributed by atoms with Crippen molar-refractivity contribution in [3.63, 3.8) is 0 Å². The fraction of sp³-hybridized carbons (Fsp3) is 0.636. The van der Waals surface area contributed by atoms with Crippen molar-refractivity contribution >= 4 is 5.52 Å². The molecule has 6 heteroatoms. The lowest BCUT2D eigenvalue weighted by atomic mass is 9.94. The minimum Gasteiger partial charge on any atom is -0.379 e. The summed E-state index contributed by atoms with van der Waals surface area (Å²) in [5, 5.41) is 4.46. The van der Waals surface area contributed by atoms with Gasteiger partial charge in [0.1, 0.15) is 18.0 Å². The van der Waals surface area contributed by atoms with Gasteiger partial charge < -0.3 is 14.2 Å². The molecule has 1 fully saturated rings. The highest BCUT2D eigenvalue weighted by Crippen LogP contribution is 2.42. The molecule has 6 nitrogen and oxygen atoms in total. The van der Waals surface area contributed by atoms with Crippen LogP contribution in [-0.4, -0.2) is 46.6 Å². The molecular formula is C22H33N3O3. The Bertz CT molecular complexity index is 775. The van der Waals surface area contributed by atoms with E-state index in [0.29, 0.717) is 13.0 Å². The molecule has 0 unspecified atom stereocenters. The first-order valence-corrected chi connectivity index (χ1v) is 10.5. The fourth-order valence-corrected chi connectivity index (χ4v) is 3.74. The number of ether oxygens (including phenoxy) is 3. The van der Waals surface area contributed by atoms with Crippen LogP contribution < -0.4 is 0 Å². The van der Waals surface area contributed by atoms with E-state index in [0.717, 1.165) is 55.8 Å². The molecule has 1 aliphatic heterocycles. The van der Waals surface area contributed by atoms with Crippen LogP contribution in [0.4, 0.5) is 0 Å². The largest absolute Gasteiger partial charge is 0.379 e. The summed E-state index contributed by atoms with van der Waals surface area (Å²) in [6, 6.07) is 4.10. The van der Waals surface area contributed by atoms with Crippen molar-refractivity contribution in [3.8, 4) is 0 Å². The Kier molecular flexibility index (Phi) is 7.21. The van der Waals surface area contributed by atoms with E-state index < -0.39 is 5.60 Å². The standard InChI is InChI=1S/C22H33N3O3/c1-5-8-12-26-15-20-19(27-13-9-6-2)14-22(7-3,28-20)21-11-10-18-17(4)23-16-24-25(18)21/h7,10-11,16,19-20H,3,5-6,8-9,12-15H2,1-2,4H3/t19-,20+,22+/m0/s1. The smallest absolute Gasteiger partial charge is 0.136 e. The zero-order chi connectivity index (χ0) is 20.0. The zero-order valence-electron chi connectivity index (χ0n) is 17.4. The summed E-state index contributed by atoms with van der Waals surface area (Å²) < 4.78 is 20.6. The number of unbranched alkanes of at least 4 members (excludes halogenated alkanes) is 2. The van der Waals surface area contributed by atoms with Crippen LogP contribution in [0.3, 0.4) is 0 Å². The van der Waals surface area contributed by atoms with Crippen LogP contribution in [0.25, 0.3) is 5.52 Å². The van der Waals surface area contributed by atoms with Crippen molar-refractivity contribution in [3.05, 3.63) is 42.5 Å². The first kappa shape index (κ1) is 21.0. The first-order chi connectivity index (χ1) is 13.6. The molecule has 0 N–H and O–H groups in total. The highest BCUT2D eigenvalue weighted by molar-refractivity contribution is 5.53. The van der Waals surface area contributed by atoms with E-state index in [9.17, 15) is 0 Å². The van der Waals surface area contributed by atoms with E-state index in [-0.39, 0.29) is 12.2 Å². The van der Waals surface area contributed by atoms with Gasteiger partial charge in [0, 0.05) is 19.6 Å². The van der Waals surface area contributed by atoms with Crippen molar-refractivity contribution in [1.29, 1.82) is 0 Å². The van der Waals surface area contributed by atoms with Crippen LogP contribution in [-0.2, 0) is 19.8 Å². The molecule has 1 aliphatic rings. The first-order valence-electron chi connectivity index (χ1n) is 10.5. The Morgan fingerprint density at radius 2 is 2.07 bits per heavy atom. The lowest BCUT2D eigenvalue weighted by Crippen LogP contribution is -2.30. The summed E-state index contributed by atoms with van der Waals surface area (Å²) in [5.74, 6) is 0. The average Bonchev–Trinajstić information content (AvgIpc) is 3.29. The molecule has 0 aliphatic carbocycles. The molecular weight excluding hydrogens is 354 g/mol. The highest BCUT2D eigenvalue weighted by atomic mass is 16.6. The Hall–Kier alpha value is -1.76. The number of rotatable bonds is 11. The Morgan fingerprint density at radius 3 is 2.82 bits per heavy atom. The van der Waals surface area contributed by atoms with Crippen LogP contribution in [0.1, 0.15) is 57.3 Å². The van der Waals surface area contributed by atoms with E-state index in [1.807, 2.05) is 23.6 Å². The topological polar surface area (TPSA) is 57.9 Å². The minimum atomic E-state index is -0.650. The van der Waals surface area contributed by atoms with Crippen molar-refractivity contribution in [2.24, 2.45) is 0 Å². The Morgan fingerprint density at radius 1 is 1.29 bits per heavy atom. The molecule has 2 aromatic rings. The van der Waals surface area contributed by atoms with Gasteiger partial charge in [-0.3, -0.25) is 0 Å². The quantitative estimate of drug-likeness (QED) is 0.427. The number of nitrogens with zero attached hydrogens (tertiary/aromatic N) is 3. The van der Waals surface area contributed by atoms with E-state index >= 15 is 0 Å². The number of aryl methyl sites for hydroxylation is 1. The molecule has 1 saturated heterocycles. The molecule has 0 saturated carbocycles. The third-order valence-electron chi connectivity index (χ3n) is 5.44. The summed E-state index contributed by atoms with van der Waals surface area (Å²) in [6.07, 6.45) is 8.34. The monoisotopic (exact) mass is 387 g/mol. The molecule has 0 radical (unpaired) electrons. The number of hydrogen-bond acceptors (Lipinski definition) is 5. The molecule has 3 atom stereocenters. The van der Waals surface area contributed by atoms with Gasteiger partial charge in [0.2, 0.25) is 0 Å². The van der Waals surface area contributed by atoms with Gasteiger partial charge in [0.15, 0.2) is 0 Å². The average molecular weight is 388 g/mol. The molecule has 0 spiro atoms. The van der Waals surface area contributed by atoms with Gasteiger partial charge in [-0.15, -0.1) is 0 Å². The van der Waals surface area contributed by atoms with Crippen LogP contribution >= 0.6 is 0 Å². The minimum absolute atomic E-state index is 0.0281. The molecule has 3 rings (SSSR count). The normalized spacial score (nSPS) is 24.8. The summed E-state index contributed by atoms with van der Waals surface area (Å²) >= 11 is 0. The maximum atomic E-state index is 6.56. The predicted molar refractivity (Wildman–Crippen MR) is 109 cm³/mol. The Labute approximate surface area is 167 Å². The lowest BCUT2D eigenvalue weighted by Gasteiger charge is -2.25. The van der Waals surface area contributed by atoms with Gasteiger partial charge in [-0.2, -0.15) is 5.10 Å². The third-order valence-corrected chi connectivity index (χ3v) is 5.44. The number of hydrogen-bond donors (Lipinski definition) is 0. The fourth-order valence-electron chi connectivity index (χ4n) is 3.74. The number of aromatic nitrogens is 3. The molecule has 0 aromatic carbocycles. The second-order valence-corrected chi connectivity index (χ2v) is 7.51. The predicted octanol–water partition coefficient (Wildman–Crippen LogP) is 4.21. The van der Waals surface area contributed by atoms with E-state index in [4.69, 9.17) is 14.2 Å². The van der Waals surface area contributed by atoms with Crippen LogP contribution in [0.2, 0.25) is 0 Å². The van der Waals surface area contributed by atoms with E-state index in [1.165, 1.54) is 0 Å². The molecule has 0 bridgehead atoms. The van der Waals surface area contributed by atoms with E-state index in [1.54, 1.807) is 6.33 Å². The van der Waals surface area contributed by atoms with Gasteiger partial charge in [-0.05, 0) is 31.9 Å². The maximum absolute atomic E-state index is 6.56. The molecule has 3 heterocycles. The van der Waals surface area contributed by atoms with Gasteiger partial charge in [-0.1, -0.05) is 39.3 Å². The van der Waals surface area contributed by atoms with E-state index in [2.05, 4.69) is 36.6 Å². The Balaban J connectivity index is 1.84. The zero-order valence-corrected chi connectivity index (χ0v) is 17.4. The summed E-state index contributed by atoms with van der Waals surface area (Å²) in [7, 11) is 0.